The molecular weight excluding hydrogens is 264 g/mol. The summed E-state index contributed by atoms with van der Waals surface area (Å²) in [6.45, 7) is 1.71. The molecule has 0 amide bonds. The van der Waals surface area contributed by atoms with Crippen LogP contribution in [-0.4, -0.2) is 30.8 Å². The van der Waals surface area contributed by atoms with Gasteiger partial charge in [0, 0.05) is 17.7 Å². The predicted molar refractivity (Wildman–Crippen MR) is 69.1 cm³/mol. The standard InChI is InChI=1S/C12H12N4O4/c1-8(5-11(17)18)15-7-13-12(14-15)9-3-2-4-10(6-9)16(19)20/h2-4,6-8H,5H2,1H3,(H,17,18). The summed E-state index contributed by atoms with van der Waals surface area (Å²) in [5.41, 5.74) is 0.470. The molecule has 0 radical (unpaired) electrons. The molecule has 1 heterocycles. The van der Waals surface area contributed by atoms with E-state index < -0.39 is 10.9 Å². The molecule has 1 unspecified atom stereocenters. The highest BCUT2D eigenvalue weighted by Gasteiger charge is 2.14. The van der Waals surface area contributed by atoms with Crippen molar-refractivity contribution >= 4 is 11.7 Å². The van der Waals surface area contributed by atoms with Crippen LogP contribution in [0.4, 0.5) is 5.69 Å². The van der Waals surface area contributed by atoms with Crippen LogP contribution in [0.25, 0.3) is 11.4 Å². The minimum absolute atomic E-state index is 0.0440. The van der Waals surface area contributed by atoms with Crippen LogP contribution in [0.1, 0.15) is 19.4 Å². The SMILES string of the molecule is CC(CC(=O)O)n1cnc(-c2cccc([N+](=O)[O-])c2)n1. The summed E-state index contributed by atoms with van der Waals surface area (Å²) in [6, 6.07) is 5.63. The fraction of sp³-hybridized carbons (Fsp3) is 0.250. The van der Waals surface area contributed by atoms with Crippen LogP contribution in [0, 0.1) is 10.1 Å². The fourth-order valence-electron chi connectivity index (χ4n) is 1.72. The Hall–Kier alpha value is -2.77. The smallest absolute Gasteiger partial charge is 0.305 e. The highest BCUT2D eigenvalue weighted by atomic mass is 16.6. The van der Waals surface area contributed by atoms with Crippen LogP contribution in [0.2, 0.25) is 0 Å². The normalized spacial score (nSPS) is 12.1. The van der Waals surface area contributed by atoms with Gasteiger partial charge in [-0.1, -0.05) is 12.1 Å². The van der Waals surface area contributed by atoms with Crippen molar-refractivity contribution in [2.45, 2.75) is 19.4 Å². The Morgan fingerprint density at radius 3 is 2.95 bits per heavy atom. The molecule has 0 aliphatic heterocycles. The van der Waals surface area contributed by atoms with Gasteiger partial charge in [-0.05, 0) is 6.92 Å². The first-order valence-electron chi connectivity index (χ1n) is 5.85. The number of rotatable bonds is 5. The number of aromatic nitrogens is 3. The third-order valence-electron chi connectivity index (χ3n) is 2.75. The fourth-order valence-corrected chi connectivity index (χ4v) is 1.72. The maximum Gasteiger partial charge on any atom is 0.305 e. The Kier molecular flexibility index (Phi) is 3.74. The largest absolute Gasteiger partial charge is 0.481 e. The highest BCUT2D eigenvalue weighted by molar-refractivity contribution is 5.67. The van der Waals surface area contributed by atoms with Crippen molar-refractivity contribution in [1.29, 1.82) is 0 Å². The van der Waals surface area contributed by atoms with Gasteiger partial charge in [-0.3, -0.25) is 14.9 Å². The van der Waals surface area contributed by atoms with E-state index in [1.165, 1.54) is 23.1 Å². The molecule has 0 spiro atoms. The molecule has 2 rings (SSSR count). The molecule has 0 aliphatic carbocycles. The van der Waals surface area contributed by atoms with Crippen LogP contribution >= 0.6 is 0 Å². The Morgan fingerprint density at radius 1 is 1.55 bits per heavy atom. The third-order valence-corrected chi connectivity index (χ3v) is 2.75. The van der Waals surface area contributed by atoms with E-state index in [0.717, 1.165) is 0 Å². The summed E-state index contributed by atoms with van der Waals surface area (Å²) in [7, 11) is 0. The lowest BCUT2D eigenvalue weighted by molar-refractivity contribution is -0.384. The number of nitro benzene ring substituents is 1. The topological polar surface area (TPSA) is 111 Å². The summed E-state index contributed by atoms with van der Waals surface area (Å²) >= 11 is 0. The quantitative estimate of drug-likeness (QED) is 0.659. The second-order valence-electron chi connectivity index (χ2n) is 4.30. The predicted octanol–water partition coefficient (Wildman–Crippen LogP) is 1.89. The molecule has 1 aromatic carbocycles. The maximum absolute atomic E-state index is 10.7. The van der Waals surface area contributed by atoms with Crippen LogP contribution in [0.5, 0.6) is 0 Å². The number of aliphatic carboxylic acids is 1. The van der Waals surface area contributed by atoms with Gasteiger partial charge in [-0.2, -0.15) is 5.10 Å². The van der Waals surface area contributed by atoms with Crippen LogP contribution in [-0.2, 0) is 4.79 Å². The summed E-state index contributed by atoms with van der Waals surface area (Å²) < 4.78 is 1.43. The molecule has 0 saturated carbocycles. The van der Waals surface area contributed by atoms with Crippen molar-refractivity contribution in [2.24, 2.45) is 0 Å². The van der Waals surface area contributed by atoms with E-state index >= 15 is 0 Å². The number of nitrogens with zero attached hydrogens (tertiary/aromatic N) is 4. The van der Waals surface area contributed by atoms with E-state index in [0.29, 0.717) is 11.4 Å². The second-order valence-corrected chi connectivity index (χ2v) is 4.30. The monoisotopic (exact) mass is 276 g/mol. The molecule has 1 aromatic heterocycles. The molecule has 20 heavy (non-hydrogen) atoms. The van der Waals surface area contributed by atoms with E-state index in [1.54, 1.807) is 19.1 Å². The Morgan fingerprint density at radius 2 is 2.30 bits per heavy atom. The van der Waals surface area contributed by atoms with Crippen molar-refractivity contribution < 1.29 is 14.8 Å². The molecule has 1 atom stereocenters. The number of hydrogen-bond donors (Lipinski definition) is 1. The summed E-state index contributed by atoms with van der Waals surface area (Å²) in [4.78, 5) is 24.9. The van der Waals surface area contributed by atoms with Crippen molar-refractivity contribution in [3.63, 3.8) is 0 Å². The summed E-state index contributed by atoms with van der Waals surface area (Å²) in [5, 5.41) is 23.6. The average Bonchev–Trinajstić information content (AvgIpc) is 2.87. The van der Waals surface area contributed by atoms with Gasteiger partial charge in [-0.25, -0.2) is 9.67 Å². The van der Waals surface area contributed by atoms with Gasteiger partial charge in [0.15, 0.2) is 5.82 Å². The van der Waals surface area contributed by atoms with E-state index in [4.69, 9.17) is 5.11 Å². The van der Waals surface area contributed by atoms with Gasteiger partial charge < -0.3 is 5.11 Å². The molecule has 0 bridgehead atoms. The molecule has 2 aromatic rings. The third kappa shape index (κ3) is 2.97. The second kappa shape index (κ2) is 5.47. The number of benzene rings is 1. The molecule has 8 heteroatoms. The van der Waals surface area contributed by atoms with Crippen LogP contribution < -0.4 is 0 Å². The lowest BCUT2D eigenvalue weighted by Gasteiger charge is -2.07. The minimum atomic E-state index is -0.926. The van der Waals surface area contributed by atoms with Crippen LogP contribution in [0.3, 0.4) is 0 Å². The number of carbonyl (C=O) groups is 1. The van der Waals surface area contributed by atoms with Crippen molar-refractivity contribution in [1.82, 2.24) is 14.8 Å². The zero-order valence-electron chi connectivity index (χ0n) is 10.6. The first-order chi connectivity index (χ1) is 9.47. The Labute approximate surface area is 113 Å². The lowest BCUT2D eigenvalue weighted by Crippen LogP contribution is -2.10. The lowest BCUT2D eigenvalue weighted by atomic mass is 10.2. The Bertz CT molecular complexity index is 652. The van der Waals surface area contributed by atoms with Crippen molar-refractivity contribution in [3.05, 3.63) is 40.7 Å². The molecule has 8 nitrogen and oxygen atoms in total. The Balaban J connectivity index is 2.26. The van der Waals surface area contributed by atoms with Gasteiger partial charge in [-0.15, -0.1) is 0 Å². The first kappa shape index (κ1) is 13.7. The van der Waals surface area contributed by atoms with Gasteiger partial charge in [0.05, 0.1) is 17.4 Å². The summed E-state index contributed by atoms with van der Waals surface area (Å²) in [6.07, 6.45) is 1.35. The number of carboxylic acid groups (broad SMARTS) is 1. The highest BCUT2D eigenvalue weighted by Crippen LogP contribution is 2.21. The van der Waals surface area contributed by atoms with Gasteiger partial charge in [0.25, 0.3) is 5.69 Å². The average molecular weight is 276 g/mol. The minimum Gasteiger partial charge on any atom is -0.481 e. The molecule has 104 valence electrons. The first-order valence-corrected chi connectivity index (χ1v) is 5.85. The molecular formula is C12H12N4O4. The van der Waals surface area contributed by atoms with E-state index in [2.05, 4.69) is 10.1 Å². The van der Waals surface area contributed by atoms with E-state index in [1.807, 2.05) is 0 Å². The van der Waals surface area contributed by atoms with Crippen molar-refractivity contribution in [2.75, 3.05) is 0 Å². The molecule has 0 fully saturated rings. The zero-order chi connectivity index (χ0) is 14.7. The van der Waals surface area contributed by atoms with Crippen LogP contribution in [0.15, 0.2) is 30.6 Å². The van der Waals surface area contributed by atoms with Gasteiger partial charge in [0.2, 0.25) is 0 Å². The molecule has 1 N–H and O–H groups in total. The van der Waals surface area contributed by atoms with E-state index in [9.17, 15) is 14.9 Å². The summed E-state index contributed by atoms with van der Waals surface area (Å²) in [5.74, 6) is -0.601. The number of hydrogen-bond acceptors (Lipinski definition) is 5. The number of non-ortho nitro benzene ring substituents is 1. The van der Waals surface area contributed by atoms with E-state index in [-0.39, 0.29) is 18.2 Å². The number of nitro groups is 1. The maximum atomic E-state index is 10.7. The molecule has 0 aliphatic rings. The van der Waals surface area contributed by atoms with Crippen molar-refractivity contribution in [3.8, 4) is 11.4 Å². The molecule has 0 saturated heterocycles. The number of carboxylic acids is 1. The van der Waals surface area contributed by atoms with Gasteiger partial charge in [0.1, 0.15) is 6.33 Å². The zero-order valence-corrected chi connectivity index (χ0v) is 10.6. The van der Waals surface area contributed by atoms with Gasteiger partial charge >= 0.3 is 5.97 Å².